The Bertz CT molecular complexity index is 328. The minimum Gasteiger partial charge on any atom is -0.368 e. The average molecular weight is 243 g/mol. The van der Waals surface area contributed by atoms with Gasteiger partial charge in [0, 0.05) is 13.1 Å². The van der Waals surface area contributed by atoms with Gasteiger partial charge in [-0.1, -0.05) is 32.4 Å². The lowest BCUT2D eigenvalue weighted by Gasteiger charge is -2.11. The zero-order valence-corrected chi connectivity index (χ0v) is 10.8. The molecule has 1 aromatic heterocycles. The second-order valence-electron chi connectivity index (χ2n) is 4.09. The molecule has 0 unspecified atom stereocenters. The summed E-state index contributed by atoms with van der Waals surface area (Å²) in [6.45, 7) is 8.09. The third-order valence-electron chi connectivity index (χ3n) is 1.95. The maximum Gasteiger partial charge on any atom is 0.224 e. The summed E-state index contributed by atoms with van der Waals surface area (Å²) in [5, 5.41) is 6.89. The van der Waals surface area contributed by atoms with Gasteiger partial charge in [0.1, 0.15) is 10.8 Å². The molecule has 2 N–H and O–H groups in total. The molecule has 1 rings (SSSR count). The Morgan fingerprint density at radius 1 is 1.38 bits per heavy atom. The fraction of sp³-hybridized carbons (Fsp3) is 0.636. The van der Waals surface area contributed by atoms with Crippen LogP contribution in [0.4, 0.5) is 11.8 Å². The molecule has 0 atom stereocenters. The van der Waals surface area contributed by atoms with E-state index in [1.807, 2.05) is 0 Å². The first-order valence-electron chi connectivity index (χ1n) is 5.63. The van der Waals surface area contributed by atoms with Crippen LogP contribution in [0.1, 0.15) is 27.2 Å². The van der Waals surface area contributed by atoms with Gasteiger partial charge in [-0.25, -0.2) is 4.98 Å². The molecule has 0 radical (unpaired) electrons. The first kappa shape index (κ1) is 13.0. The average Bonchev–Trinajstić information content (AvgIpc) is 2.26. The van der Waals surface area contributed by atoms with E-state index in [1.54, 1.807) is 6.20 Å². The predicted molar refractivity (Wildman–Crippen MR) is 69.2 cm³/mol. The van der Waals surface area contributed by atoms with E-state index in [0.29, 0.717) is 22.7 Å². The lowest BCUT2D eigenvalue weighted by atomic mass is 10.2. The Kier molecular flexibility index (Phi) is 5.32. The Balaban J connectivity index is 2.66. The molecule has 0 aromatic carbocycles. The van der Waals surface area contributed by atoms with Crippen molar-refractivity contribution in [2.75, 3.05) is 23.7 Å². The van der Waals surface area contributed by atoms with E-state index < -0.39 is 0 Å². The van der Waals surface area contributed by atoms with Crippen LogP contribution in [0.2, 0.25) is 5.02 Å². The Labute approximate surface area is 102 Å². The van der Waals surface area contributed by atoms with Crippen LogP contribution < -0.4 is 10.6 Å². The molecular formula is C11H19ClN4. The van der Waals surface area contributed by atoms with Crippen molar-refractivity contribution in [3.63, 3.8) is 0 Å². The third-order valence-corrected chi connectivity index (χ3v) is 2.23. The zero-order valence-electron chi connectivity index (χ0n) is 10.0. The molecular weight excluding hydrogens is 224 g/mol. The molecule has 4 nitrogen and oxygen atoms in total. The molecule has 0 fully saturated rings. The highest BCUT2D eigenvalue weighted by Crippen LogP contribution is 2.19. The van der Waals surface area contributed by atoms with Crippen molar-refractivity contribution in [2.45, 2.75) is 27.2 Å². The van der Waals surface area contributed by atoms with Gasteiger partial charge >= 0.3 is 0 Å². The van der Waals surface area contributed by atoms with Crippen molar-refractivity contribution in [3.05, 3.63) is 11.2 Å². The van der Waals surface area contributed by atoms with Crippen LogP contribution in [0.25, 0.3) is 0 Å². The Hall–Kier alpha value is -1.03. The monoisotopic (exact) mass is 242 g/mol. The van der Waals surface area contributed by atoms with E-state index in [2.05, 4.69) is 41.4 Å². The number of rotatable bonds is 6. The summed E-state index contributed by atoms with van der Waals surface area (Å²) >= 11 is 6.00. The number of nitrogens with zero attached hydrogens (tertiary/aromatic N) is 2. The minimum absolute atomic E-state index is 0.554. The van der Waals surface area contributed by atoms with E-state index in [-0.39, 0.29) is 0 Å². The van der Waals surface area contributed by atoms with E-state index in [4.69, 9.17) is 11.6 Å². The summed E-state index contributed by atoms with van der Waals surface area (Å²) in [5.41, 5.74) is 0. The van der Waals surface area contributed by atoms with E-state index in [9.17, 15) is 0 Å². The van der Waals surface area contributed by atoms with Crippen LogP contribution in [-0.4, -0.2) is 23.1 Å². The van der Waals surface area contributed by atoms with Crippen molar-refractivity contribution >= 4 is 23.4 Å². The molecule has 1 aromatic rings. The third kappa shape index (κ3) is 4.23. The number of hydrogen-bond acceptors (Lipinski definition) is 4. The molecule has 0 amide bonds. The van der Waals surface area contributed by atoms with Crippen LogP contribution >= 0.6 is 11.6 Å². The molecule has 0 spiro atoms. The van der Waals surface area contributed by atoms with Crippen LogP contribution in [0, 0.1) is 5.92 Å². The van der Waals surface area contributed by atoms with E-state index in [1.165, 1.54) is 0 Å². The molecule has 16 heavy (non-hydrogen) atoms. The molecule has 0 bridgehead atoms. The highest BCUT2D eigenvalue weighted by Gasteiger charge is 2.05. The lowest BCUT2D eigenvalue weighted by Crippen LogP contribution is -2.11. The van der Waals surface area contributed by atoms with Crippen molar-refractivity contribution < 1.29 is 0 Å². The summed E-state index contributed by atoms with van der Waals surface area (Å²) in [4.78, 5) is 8.43. The van der Waals surface area contributed by atoms with E-state index in [0.717, 1.165) is 19.5 Å². The topological polar surface area (TPSA) is 49.8 Å². The van der Waals surface area contributed by atoms with Gasteiger partial charge in [-0.3, -0.25) is 0 Å². The normalized spacial score (nSPS) is 10.6. The van der Waals surface area contributed by atoms with Crippen LogP contribution in [0.15, 0.2) is 6.20 Å². The van der Waals surface area contributed by atoms with Crippen molar-refractivity contribution in [1.82, 2.24) is 9.97 Å². The smallest absolute Gasteiger partial charge is 0.224 e. The summed E-state index contributed by atoms with van der Waals surface area (Å²) in [6, 6.07) is 0. The van der Waals surface area contributed by atoms with Crippen LogP contribution in [-0.2, 0) is 0 Å². The quantitative estimate of drug-likeness (QED) is 0.805. The molecule has 0 saturated carbocycles. The van der Waals surface area contributed by atoms with Gasteiger partial charge in [0.25, 0.3) is 0 Å². The fourth-order valence-electron chi connectivity index (χ4n) is 1.11. The van der Waals surface area contributed by atoms with Gasteiger partial charge in [-0.05, 0) is 12.3 Å². The number of aromatic nitrogens is 2. The second kappa shape index (κ2) is 6.53. The molecule has 0 saturated heterocycles. The summed E-state index contributed by atoms with van der Waals surface area (Å²) in [6.07, 6.45) is 2.66. The first-order valence-corrected chi connectivity index (χ1v) is 6.01. The maximum atomic E-state index is 6.00. The molecule has 0 aliphatic rings. The van der Waals surface area contributed by atoms with Gasteiger partial charge in [0.05, 0.1) is 6.20 Å². The van der Waals surface area contributed by atoms with Crippen molar-refractivity contribution in [1.29, 1.82) is 0 Å². The summed E-state index contributed by atoms with van der Waals surface area (Å²) in [5.74, 6) is 1.87. The summed E-state index contributed by atoms with van der Waals surface area (Å²) in [7, 11) is 0. The van der Waals surface area contributed by atoms with Crippen molar-refractivity contribution in [3.8, 4) is 0 Å². The zero-order chi connectivity index (χ0) is 12.0. The molecule has 0 aliphatic carbocycles. The Morgan fingerprint density at radius 3 is 2.75 bits per heavy atom. The van der Waals surface area contributed by atoms with E-state index >= 15 is 0 Å². The van der Waals surface area contributed by atoms with Gasteiger partial charge in [-0.15, -0.1) is 0 Å². The van der Waals surface area contributed by atoms with Crippen LogP contribution in [0.5, 0.6) is 0 Å². The minimum atomic E-state index is 0.554. The number of halogens is 1. The second-order valence-corrected chi connectivity index (χ2v) is 4.50. The SMILES string of the molecule is CCCNc1ncc(Cl)c(NCC(C)C)n1. The molecule has 0 aliphatic heterocycles. The molecule has 1 heterocycles. The van der Waals surface area contributed by atoms with Gasteiger partial charge in [-0.2, -0.15) is 4.98 Å². The number of hydrogen-bond donors (Lipinski definition) is 2. The highest BCUT2D eigenvalue weighted by atomic mass is 35.5. The maximum absolute atomic E-state index is 6.00. The Morgan fingerprint density at radius 2 is 2.12 bits per heavy atom. The lowest BCUT2D eigenvalue weighted by molar-refractivity contribution is 0.687. The predicted octanol–water partition coefficient (Wildman–Crippen LogP) is 3.02. The largest absolute Gasteiger partial charge is 0.368 e. The number of nitrogens with one attached hydrogen (secondary N) is 2. The standard InChI is InChI=1S/C11H19ClN4/c1-4-5-13-11-15-7-9(12)10(16-11)14-6-8(2)3/h7-8H,4-6H2,1-3H3,(H2,13,14,15,16). The summed E-state index contributed by atoms with van der Waals surface area (Å²) < 4.78 is 0. The van der Waals surface area contributed by atoms with Gasteiger partial charge in [0.15, 0.2) is 0 Å². The van der Waals surface area contributed by atoms with Gasteiger partial charge in [0.2, 0.25) is 5.95 Å². The van der Waals surface area contributed by atoms with Crippen molar-refractivity contribution in [2.24, 2.45) is 5.92 Å². The van der Waals surface area contributed by atoms with Gasteiger partial charge < -0.3 is 10.6 Å². The fourth-order valence-corrected chi connectivity index (χ4v) is 1.27. The molecule has 5 heteroatoms. The van der Waals surface area contributed by atoms with Crippen LogP contribution in [0.3, 0.4) is 0 Å². The highest BCUT2D eigenvalue weighted by molar-refractivity contribution is 6.32. The first-order chi connectivity index (χ1) is 7.63. The number of anilines is 2. The molecule has 90 valence electrons.